The van der Waals surface area contributed by atoms with Crippen LogP contribution in [0.2, 0.25) is 0 Å². The van der Waals surface area contributed by atoms with Crippen molar-refractivity contribution in [3.8, 4) is 0 Å². The third-order valence-electron chi connectivity index (χ3n) is 3.05. The first kappa shape index (κ1) is 12.7. The summed E-state index contributed by atoms with van der Waals surface area (Å²) < 4.78 is 0.577. The first-order valence-corrected chi connectivity index (χ1v) is 6.66. The molecule has 1 aromatic heterocycles. The average Bonchev–Trinajstić information content (AvgIpc) is 2.80. The van der Waals surface area contributed by atoms with E-state index < -0.39 is 0 Å². The molecule has 4 N–H and O–H groups in total. The SMILES string of the molecule is Nc1cccc(C(=O)c2ccc3[nH]c(=O)[nH]c3c2)c1Br. The number of H-pyrrole nitrogens is 2. The van der Waals surface area contributed by atoms with Gasteiger partial charge in [0.05, 0.1) is 15.5 Å². The van der Waals surface area contributed by atoms with E-state index in [-0.39, 0.29) is 11.5 Å². The van der Waals surface area contributed by atoms with Crippen LogP contribution in [0.4, 0.5) is 5.69 Å². The molecule has 3 rings (SSSR count). The van der Waals surface area contributed by atoms with E-state index in [0.29, 0.717) is 32.3 Å². The van der Waals surface area contributed by atoms with E-state index in [0.717, 1.165) is 0 Å². The smallest absolute Gasteiger partial charge is 0.323 e. The van der Waals surface area contributed by atoms with Crippen LogP contribution in [0.5, 0.6) is 0 Å². The lowest BCUT2D eigenvalue weighted by atomic mass is 10.0. The Hall–Kier alpha value is -2.34. The number of carbonyl (C=O) groups is 1. The second-order valence-corrected chi connectivity index (χ2v) is 5.17. The van der Waals surface area contributed by atoms with Crippen LogP contribution in [0, 0.1) is 0 Å². The Kier molecular flexibility index (Phi) is 2.94. The summed E-state index contributed by atoms with van der Waals surface area (Å²) in [5, 5.41) is 0. The number of nitrogens with one attached hydrogen (secondary N) is 2. The molecule has 0 saturated heterocycles. The number of nitrogen functional groups attached to an aromatic ring is 1. The minimum atomic E-state index is -0.297. The highest BCUT2D eigenvalue weighted by Crippen LogP contribution is 2.26. The molecule has 0 aliphatic heterocycles. The van der Waals surface area contributed by atoms with Crippen LogP contribution < -0.4 is 11.4 Å². The molecular weight excluding hydrogens is 322 g/mol. The van der Waals surface area contributed by atoms with Gasteiger partial charge in [0.25, 0.3) is 0 Å². The van der Waals surface area contributed by atoms with Crippen molar-refractivity contribution in [2.45, 2.75) is 0 Å². The number of anilines is 1. The Balaban J connectivity index is 2.12. The summed E-state index contributed by atoms with van der Waals surface area (Å²) in [7, 11) is 0. The van der Waals surface area contributed by atoms with Crippen LogP contribution in [0.1, 0.15) is 15.9 Å². The summed E-state index contributed by atoms with van der Waals surface area (Å²) in [6, 6.07) is 10.2. The van der Waals surface area contributed by atoms with Gasteiger partial charge < -0.3 is 15.7 Å². The summed E-state index contributed by atoms with van der Waals surface area (Å²) in [5.74, 6) is -0.159. The number of carbonyl (C=O) groups excluding carboxylic acids is 1. The number of aromatic amines is 2. The van der Waals surface area contributed by atoms with Crippen LogP contribution in [-0.4, -0.2) is 15.8 Å². The predicted octanol–water partition coefficient (Wildman–Crippen LogP) is 2.43. The van der Waals surface area contributed by atoms with E-state index in [1.807, 2.05) is 0 Å². The number of aromatic nitrogens is 2. The number of nitrogens with two attached hydrogens (primary N) is 1. The van der Waals surface area contributed by atoms with Gasteiger partial charge in [-0.15, -0.1) is 0 Å². The van der Waals surface area contributed by atoms with Crippen LogP contribution in [-0.2, 0) is 0 Å². The molecule has 100 valence electrons. The molecule has 0 amide bonds. The number of ketones is 1. The van der Waals surface area contributed by atoms with Crippen molar-refractivity contribution >= 4 is 38.4 Å². The maximum atomic E-state index is 12.5. The molecular formula is C14H10BrN3O2. The highest BCUT2D eigenvalue weighted by Gasteiger charge is 2.14. The molecule has 0 aliphatic rings. The molecule has 2 aromatic carbocycles. The van der Waals surface area contributed by atoms with Crippen molar-refractivity contribution in [1.82, 2.24) is 9.97 Å². The van der Waals surface area contributed by atoms with Crippen molar-refractivity contribution in [3.63, 3.8) is 0 Å². The molecule has 3 aromatic rings. The van der Waals surface area contributed by atoms with Gasteiger partial charge in [0.1, 0.15) is 0 Å². The maximum Gasteiger partial charge on any atom is 0.323 e. The van der Waals surface area contributed by atoms with E-state index in [2.05, 4.69) is 25.9 Å². The molecule has 0 saturated carbocycles. The van der Waals surface area contributed by atoms with Crippen LogP contribution in [0.25, 0.3) is 11.0 Å². The first-order valence-electron chi connectivity index (χ1n) is 5.87. The van der Waals surface area contributed by atoms with E-state index in [4.69, 9.17) is 5.73 Å². The van der Waals surface area contributed by atoms with Crippen LogP contribution in [0.15, 0.2) is 45.7 Å². The zero-order valence-electron chi connectivity index (χ0n) is 10.2. The first-order chi connectivity index (χ1) is 9.56. The highest BCUT2D eigenvalue weighted by atomic mass is 79.9. The fraction of sp³-hybridized carbons (Fsp3) is 0. The monoisotopic (exact) mass is 331 g/mol. The molecule has 0 radical (unpaired) electrons. The number of rotatable bonds is 2. The standard InChI is InChI=1S/C14H10BrN3O2/c15-12-8(2-1-3-9(12)16)13(19)7-4-5-10-11(6-7)18-14(20)17-10/h1-6H,16H2,(H2,17,18,20). The minimum Gasteiger partial charge on any atom is -0.398 e. The van der Waals surface area contributed by atoms with Crippen LogP contribution >= 0.6 is 15.9 Å². The van der Waals surface area contributed by atoms with Gasteiger partial charge in [0.2, 0.25) is 0 Å². The molecule has 1 heterocycles. The third kappa shape index (κ3) is 2.04. The summed E-state index contributed by atoms with van der Waals surface area (Å²) in [4.78, 5) is 29.0. The molecule has 0 atom stereocenters. The predicted molar refractivity (Wildman–Crippen MR) is 80.9 cm³/mol. The summed E-state index contributed by atoms with van der Waals surface area (Å²) in [5.41, 5.74) is 8.23. The van der Waals surface area contributed by atoms with Crippen molar-refractivity contribution in [2.24, 2.45) is 0 Å². The second kappa shape index (κ2) is 4.64. The average molecular weight is 332 g/mol. The number of halogens is 1. The van der Waals surface area contributed by atoms with Gasteiger partial charge in [0, 0.05) is 16.8 Å². The zero-order chi connectivity index (χ0) is 14.3. The fourth-order valence-corrected chi connectivity index (χ4v) is 2.50. The molecule has 6 heteroatoms. The molecule has 5 nitrogen and oxygen atoms in total. The van der Waals surface area contributed by atoms with E-state index >= 15 is 0 Å². The van der Waals surface area contributed by atoms with Gasteiger partial charge in [0.15, 0.2) is 5.78 Å². The van der Waals surface area contributed by atoms with Crippen molar-refractivity contribution < 1.29 is 4.79 Å². The van der Waals surface area contributed by atoms with Gasteiger partial charge in [-0.1, -0.05) is 6.07 Å². The quantitative estimate of drug-likeness (QED) is 0.497. The topological polar surface area (TPSA) is 91.7 Å². The molecule has 0 spiro atoms. The van der Waals surface area contributed by atoms with Crippen molar-refractivity contribution in [2.75, 3.05) is 5.73 Å². The van der Waals surface area contributed by atoms with Crippen molar-refractivity contribution in [3.05, 3.63) is 62.5 Å². The molecule has 20 heavy (non-hydrogen) atoms. The zero-order valence-corrected chi connectivity index (χ0v) is 11.8. The summed E-state index contributed by atoms with van der Waals surface area (Å²) in [6.45, 7) is 0. The lowest BCUT2D eigenvalue weighted by molar-refractivity contribution is 0.103. The number of imidazole rings is 1. The fourth-order valence-electron chi connectivity index (χ4n) is 2.05. The van der Waals surface area contributed by atoms with E-state index in [1.165, 1.54) is 0 Å². The Morgan fingerprint density at radius 1 is 1.10 bits per heavy atom. The number of fused-ring (bicyclic) bond motifs is 1. The molecule has 0 aliphatic carbocycles. The number of hydrogen-bond acceptors (Lipinski definition) is 3. The van der Waals surface area contributed by atoms with Gasteiger partial charge in [-0.2, -0.15) is 0 Å². The van der Waals surface area contributed by atoms with Gasteiger partial charge in [-0.25, -0.2) is 4.79 Å². The Bertz CT molecular complexity index is 880. The second-order valence-electron chi connectivity index (χ2n) is 4.38. The Morgan fingerprint density at radius 3 is 2.65 bits per heavy atom. The summed E-state index contributed by atoms with van der Waals surface area (Å²) in [6.07, 6.45) is 0. The van der Waals surface area contributed by atoms with Crippen LogP contribution in [0.3, 0.4) is 0 Å². The molecule has 0 bridgehead atoms. The lowest BCUT2D eigenvalue weighted by Crippen LogP contribution is -2.04. The molecule has 0 unspecified atom stereocenters. The largest absolute Gasteiger partial charge is 0.398 e. The summed E-state index contributed by atoms with van der Waals surface area (Å²) >= 11 is 3.32. The van der Waals surface area contributed by atoms with Gasteiger partial charge >= 0.3 is 5.69 Å². The van der Waals surface area contributed by atoms with Gasteiger partial charge in [-0.05, 0) is 46.3 Å². The van der Waals surface area contributed by atoms with Crippen molar-refractivity contribution in [1.29, 1.82) is 0 Å². The third-order valence-corrected chi connectivity index (χ3v) is 3.94. The number of benzene rings is 2. The number of hydrogen-bond donors (Lipinski definition) is 3. The highest BCUT2D eigenvalue weighted by molar-refractivity contribution is 9.10. The van der Waals surface area contributed by atoms with E-state index in [1.54, 1.807) is 36.4 Å². The maximum absolute atomic E-state index is 12.5. The lowest BCUT2D eigenvalue weighted by Gasteiger charge is -2.06. The molecule has 0 fully saturated rings. The van der Waals surface area contributed by atoms with E-state index in [9.17, 15) is 9.59 Å². The Morgan fingerprint density at radius 2 is 1.85 bits per heavy atom. The van der Waals surface area contributed by atoms with Gasteiger partial charge in [-0.3, -0.25) is 4.79 Å². The normalized spacial score (nSPS) is 10.8. The minimum absolute atomic E-state index is 0.159. The Labute approximate surface area is 121 Å².